The molecule has 1 fully saturated rings. The van der Waals surface area contributed by atoms with Crippen LogP contribution in [0.1, 0.15) is 36.8 Å². The van der Waals surface area contributed by atoms with E-state index in [4.69, 9.17) is 9.47 Å². The van der Waals surface area contributed by atoms with E-state index in [1.54, 1.807) is 14.2 Å². The number of rotatable bonds is 6. The van der Waals surface area contributed by atoms with Crippen molar-refractivity contribution in [2.45, 2.75) is 37.6 Å². The second-order valence-corrected chi connectivity index (χ2v) is 6.53. The minimum Gasteiger partial charge on any atom is -0.493 e. The average molecular weight is 339 g/mol. The molecule has 0 atom stereocenters. The number of methoxy groups -OCH3 is 2. The van der Waals surface area contributed by atoms with E-state index in [-0.39, 0.29) is 5.91 Å². The Hall–Kier alpha value is -2.49. The van der Waals surface area contributed by atoms with Crippen molar-refractivity contribution in [1.29, 1.82) is 0 Å². The fourth-order valence-corrected chi connectivity index (χ4v) is 3.72. The van der Waals surface area contributed by atoms with Crippen LogP contribution < -0.4 is 14.8 Å². The first-order valence-electron chi connectivity index (χ1n) is 8.74. The zero-order valence-corrected chi connectivity index (χ0v) is 14.9. The summed E-state index contributed by atoms with van der Waals surface area (Å²) in [5, 5.41) is 3.13. The van der Waals surface area contributed by atoms with Crippen LogP contribution in [0.3, 0.4) is 0 Å². The number of amides is 1. The van der Waals surface area contributed by atoms with Crippen molar-refractivity contribution in [2.24, 2.45) is 0 Å². The van der Waals surface area contributed by atoms with Crippen LogP contribution in [0.25, 0.3) is 0 Å². The van der Waals surface area contributed by atoms with Crippen LogP contribution in [0.5, 0.6) is 11.5 Å². The van der Waals surface area contributed by atoms with Crippen LogP contribution in [0.15, 0.2) is 48.5 Å². The normalized spacial score (nSPS) is 15.6. The van der Waals surface area contributed by atoms with Gasteiger partial charge in [0.1, 0.15) is 0 Å². The van der Waals surface area contributed by atoms with E-state index in [1.807, 2.05) is 36.4 Å². The minimum absolute atomic E-state index is 0.117. The van der Waals surface area contributed by atoms with Gasteiger partial charge in [0.05, 0.1) is 19.6 Å². The molecule has 0 aliphatic heterocycles. The molecule has 1 aliphatic rings. The van der Waals surface area contributed by atoms with Crippen LogP contribution >= 0.6 is 0 Å². The molecular formula is C21H25NO3. The molecule has 2 aromatic rings. The molecule has 0 spiro atoms. The predicted octanol–water partition coefficient (Wildman–Crippen LogP) is 3.83. The summed E-state index contributed by atoms with van der Waals surface area (Å²) in [6.07, 6.45) is 4.01. The highest BCUT2D eigenvalue weighted by molar-refractivity contribution is 5.88. The maximum atomic E-state index is 13.1. The second-order valence-electron chi connectivity index (χ2n) is 6.53. The number of hydrogen-bond donors (Lipinski definition) is 1. The van der Waals surface area contributed by atoms with Crippen LogP contribution in [-0.2, 0) is 16.8 Å². The number of ether oxygens (including phenoxy) is 2. The van der Waals surface area contributed by atoms with E-state index in [2.05, 4.69) is 17.4 Å². The van der Waals surface area contributed by atoms with Gasteiger partial charge in [-0.05, 0) is 36.1 Å². The molecule has 0 radical (unpaired) electrons. The van der Waals surface area contributed by atoms with Gasteiger partial charge in [0.2, 0.25) is 5.91 Å². The molecule has 25 heavy (non-hydrogen) atoms. The number of hydrogen-bond acceptors (Lipinski definition) is 3. The number of carbonyl (C=O) groups excluding carboxylic acids is 1. The number of carbonyl (C=O) groups is 1. The Morgan fingerprint density at radius 2 is 1.68 bits per heavy atom. The summed E-state index contributed by atoms with van der Waals surface area (Å²) >= 11 is 0. The summed E-state index contributed by atoms with van der Waals surface area (Å²) in [5.41, 5.74) is 1.72. The summed E-state index contributed by atoms with van der Waals surface area (Å²) in [7, 11) is 3.23. The van der Waals surface area contributed by atoms with Crippen LogP contribution in [0.2, 0.25) is 0 Å². The highest BCUT2D eigenvalue weighted by atomic mass is 16.5. The molecule has 1 saturated carbocycles. The van der Waals surface area contributed by atoms with Crippen molar-refractivity contribution in [2.75, 3.05) is 14.2 Å². The maximum absolute atomic E-state index is 13.1. The van der Waals surface area contributed by atoms with E-state index >= 15 is 0 Å². The third-order valence-corrected chi connectivity index (χ3v) is 5.12. The Balaban J connectivity index is 1.75. The molecule has 132 valence electrons. The molecule has 0 unspecified atom stereocenters. The molecule has 3 rings (SSSR count). The smallest absolute Gasteiger partial charge is 0.230 e. The van der Waals surface area contributed by atoms with Crippen LogP contribution in [0, 0.1) is 0 Å². The monoisotopic (exact) mass is 339 g/mol. The summed E-state index contributed by atoms with van der Waals surface area (Å²) in [6.45, 7) is 0.480. The standard InChI is InChI=1S/C21H25NO3/c1-24-18-11-10-16(14-19(18)25-2)15-22-20(23)21(12-6-7-13-21)17-8-4-3-5-9-17/h3-5,8-11,14H,6-7,12-13,15H2,1-2H3,(H,22,23). The van der Waals surface area contributed by atoms with Gasteiger partial charge in [0.15, 0.2) is 11.5 Å². The fourth-order valence-electron chi connectivity index (χ4n) is 3.72. The van der Waals surface area contributed by atoms with Gasteiger partial charge >= 0.3 is 0 Å². The molecule has 0 bridgehead atoms. The van der Waals surface area contributed by atoms with Crippen molar-refractivity contribution in [3.63, 3.8) is 0 Å². The third-order valence-electron chi connectivity index (χ3n) is 5.12. The van der Waals surface area contributed by atoms with Crippen LogP contribution in [0.4, 0.5) is 0 Å². The lowest BCUT2D eigenvalue weighted by Gasteiger charge is -2.28. The fraction of sp³-hybridized carbons (Fsp3) is 0.381. The highest BCUT2D eigenvalue weighted by Crippen LogP contribution is 2.41. The number of nitrogens with one attached hydrogen (secondary N) is 1. The largest absolute Gasteiger partial charge is 0.493 e. The van der Waals surface area contributed by atoms with Crippen molar-refractivity contribution >= 4 is 5.91 Å². The summed E-state index contributed by atoms with van der Waals surface area (Å²) in [6, 6.07) is 15.9. The molecule has 4 nitrogen and oxygen atoms in total. The zero-order valence-electron chi connectivity index (χ0n) is 14.9. The first-order chi connectivity index (χ1) is 12.2. The zero-order chi connectivity index (χ0) is 17.7. The Labute approximate surface area is 149 Å². The summed E-state index contributed by atoms with van der Waals surface area (Å²) in [4.78, 5) is 13.1. The first-order valence-corrected chi connectivity index (χ1v) is 8.74. The quantitative estimate of drug-likeness (QED) is 0.870. The summed E-state index contributed by atoms with van der Waals surface area (Å²) < 4.78 is 10.6. The molecule has 1 amide bonds. The molecule has 4 heteroatoms. The molecular weight excluding hydrogens is 314 g/mol. The van der Waals surface area contributed by atoms with E-state index in [0.29, 0.717) is 18.0 Å². The lowest BCUT2D eigenvalue weighted by atomic mass is 9.78. The van der Waals surface area contributed by atoms with E-state index in [1.165, 1.54) is 0 Å². The Kier molecular flexibility index (Phi) is 5.27. The maximum Gasteiger partial charge on any atom is 0.230 e. The van der Waals surface area contributed by atoms with Crippen molar-refractivity contribution in [3.8, 4) is 11.5 Å². The van der Waals surface area contributed by atoms with Crippen molar-refractivity contribution < 1.29 is 14.3 Å². The molecule has 1 aliphatic carbocycles. The van der Waals surface area contributed by atoms with Crippen molar-refractivity contribution in [3.05, 3.63) is 59.7 Å². The van der Waals surface area contributed by atoms with Gasteiger partial charge in [-0.1, -0.05) is 49.2 Å². The summed E-state index contributed by atoms with van der Waals surface area (Å²) in [5.74, 6) is 1.48. The lowest BCUT2D eigenvalue weighted by Crippen LogP contribution is -2.42. The Morgan fingerprint density at radius 3 is 2.32 bits per heavy atom. The van der Waals surface area contributed by atoms with Gasteiger partial charge in [0.25, 0.3) is 0 Å². The molecule has 2 aromatic carbocycles. The van der Waals surface area contributed by atoms with Gasteiger partial charge in [-0.2, -0.15) is 0 Å². The first kappa shape index (κ1) is 17.3. The SMILES string of the molecule is COc1ccc(CNC(=O)C2(c3ccccc3)CCCC2)cc1OC. The Morgan fingerprint density at radius 1 is 1.00 bits per heavy atom. The van der Waals surface area contributed by atoms with Crippen molar-refractivity contribution in [1.82, 2.24) is 5.32 Å². The molecule has 0 heterocycles. The topological polar surface area (TPSA) is 47.6 Å². The average Bonchev–Trinajstić information content (AvgIpc) is 3.17. The van der Waals surface area contributed by atoms with E-state index < -0.39 is 5.41 Å². The van der Waals surface area contributed by atoms with Gasteiger partial charge in [-0.25, -0.2) is 0 Å². The van der Waals surface area contributed by atoms with Gasteiger partial charge in [0, 0.05) is 6.54 Å². The number of benzene rings is 2. The van der Waals surface area contributed by atoms with Gasteiger partial charge < -0.3 is 14.8 Å². The Bertz CT molecular complexity index is 721. The molecule has 1 N–H and O–H groups in total. The predicted molar refractivity (Wildman–Crippen MR) is 98.0 cm³/mol. The van der Waals surface area contributed by atoms with E-state index in [9.17, 15) is 4.79 Å². The van der Waals surface area contributed by atoms with E-state index in [0.717, 1.165) is 36.8 Å². The lowest BCUT2D eigenvalue weighted by molar-refractivity contribution is -0.126. The second kappa shape index (κ2) is 7.60. The van der Waals surface area contributed by atoms with Crippen LogP contribution in [-0.4, -0.2) is 20.1 Å². The molecule has 0 aromatic heterocycles. The highest BCUT2D eigenvalue weighted by Gasteiger charge is 2.42. The minimum atomic E-state index is -0.391. The van der Waals surface area contributed by atoms with Gasteiger partial charge in [-0.3, -0.25) is 4.79 Å². The molecule has 0 saturated heterocycles. The van der Waals surface area contributed by atoms with Gasteiger partial charge in [-0.15, -0.1) is 0 Å². The third kappa shape index (κ3) is 3.48.